The van der Waals surface area contributed by atoms with Crippen LogP contribution in [0.4, 0.5) is 16.3 Å². The Hall–Kier alpha value is -2.71. The van der Waals surface area contributed by atoms with Crippen molar-refractivity contribution in [1.82, 2.24) is 20.2 Å². The molecule has 8 heteroatoms. The molecule has 0 unspecified atom stereocenters. The quantitative estimate of drug-likeness (QED) is 0.785. The molecule has 2 aromatic rings. The van der Waals surface area contributed by atoms with E-state index >= 15 is 0 Å². The zero-order valence-electron chi connectivity index (χ0n) is 18.8. The SMILES string of the molecule is CCNC(=O)Nc1ccc(-c2nc3c(c(N4CCOC[C@@H]4C)n2)CCN(C)[C@@H]3C)cc1. The van der Waals surface area contributed by atoms with Gasteiger partial charge in [0.25, 0.3) is 0 Å². The van der Waals surface area contributed by atoms with E-state index < -0.39 is 0 Å². The van der Waals surface area contributed by atoms with Gasteiger partial charge in [-0.2, -0.15) is 0 Å². The number of aromatic nitrogens is 2. The maximum Gasteiger partial charge on any atom is 0.319 e. The second kappa shape index (κ2) is 9.20. The molecule has 0 aliphatic carbocycles. The minimum Gasteiger partial charge on any atom is -0.377 e. The van der Waals surface area contributed by atoms with Crippen molar-refractivity contribution in [3.8, 4) is 11.4 Å². The number of likely N-dealkylation sites (N-methyl/N-ethyl adjacent to an activating group) is 1. The van der Waals surface area contributed by atoms with Crippen LogP contribution in [0.1, 0.15) is 38.1 Å². The number of benzene rings is 1. The highest BCUT2D eigenvalue weighted by Gasteiger charge is 2.31. The van der Waals surface area contributed by atoms with Crippen molar-refractivity contribution >= 4 is 17.5 Å². The third-order valence-electron chi connectivity index (χ3n) is 6.17. The number of nitrogens with zero attached hydrogens (tertiary/aromatic N) is 4. The highest BCUT2D eigenvalue weighted by atomic mass is 16.5. The van der Waals surface area contributed by atoms with Gasteiger partial charge < -0.3 is 20.3 Å². The number of hydrogen-bond acceptors (Lipinski definition) is 6. The molecule has 8 nitrogen and oxygen atoms in total. The lowest BCUT2D eigenvalue weighted by Crippen LogP contribution is -2.45. The van der Waals surface area contributed by atoms with Gasteiger partial charge in [-0.25, -0.2) is 14.8 Å². The van der Waals surface area contributed by atoms with Gasteiger partial charge in [0.1, 0.15) is 5.82 Å². The number of nitrogens with one attached hydrogen (secondary N) is 2. The molecule has 1 aromatic carbocycles. The van der Waals surface area contributed by atoms with E-state index in [0.29, 0.717) is 19.8 Å². The molecule has 0 saturated carbocycles. The van der Waals surface area contributed by atoms with Crippen LogP contribution in [-0.4, -0.2) is 66.8 Å². The fourth-order valence-corrected chi connectivity index (χ4v) is 4.21. The highest BCUT2D eigenvalue weighted by molar-refractivity contribution is 5.89. The first-order valence-corrected chi connectivity index (χ1v) is 11.1. The minimum absolute atomic E-state index is 0.208. The van der Waals surface area contributed by atoms with Gasteiger partial charge in [-0.3, -0.25) is 4.90 Å². The van der Waals surface area contributed by atoms with Crippen molar-refractivity contribution < 1.29 is 9.53 Å². The average molecular weight is 425 g/mol. The molecule has 3 heterocycles. The molecule has 1 aromatic heterocycles. The third-order valence-corrected chi connectivity index (χ3v) is 6.17. The second-order valence-corrected chi connectivity index (χ2v) is 8.32. The van der Waals surface area contributed by atoms with Crippen LogP contribution in [-0.2, 0) is 11.2 Å². The molecule has 166 valence electrons. The molecule has 0 spiro atoms. The Kier molecular flexibility index (Phi) is 6.38. The summed E-state index contributed by atoms with van der Waals surface area (Å²) < 4.78 is 5.66. The first kappa shape index (κ1) is 21.5. The Bertz CT molecular complexity index is 932. The first-order chi connectivity index (χ1) is 15.0. The molecule has 4 rings (SSSR count). The normalized spacial score (nSPS) is 21.5. The van der Waals surface area contributed by atoms with Crippen LogP contribution in [0.3, 0.4) is 0 Å². The van der Waals surface area contributed by atoms with Crippen molar-refractivity contribution in [2.24, 2.45) is 0 Å². The number of hydrogen-bond donors (Lipinski definition) is 2. The number of rotatable bonds is 4. The summed E-state index contributed by atoms with van der Waals surface area (Å²) in [5.74, 6) is 1.76. The second-order valence-electron chi connectivity index (χ2n) is 8.32. The Morgan fingerprint density at radius 1 is 1.19 bits per heavy atom. The molecule has 2 aliphatic heterocycles. The Balaban J connectivity index is 1.71. The Labute approximate surface area is 184 Å². The maximum absolute atomic E-state index is 11.8. The summed E-state index contributed by atoms with van der Waals surface area (Å²) in [7, 11) is 2.15. The van der Waals surface area contributed by atoms with E-state index in [1.165, 1.54) is 5.56 Å². The predicted molar refractivity (Wildman–Crippen MR) is 123 cm³/mol. The van der Waals surface area contributed by atoms with E-state index in [0.717, 1.165) is 48.1 Å². The van der Waals surface area contributed by atoms with Crippen LogP contribution in [0.2, 0.25) is 0 Å². The molecule has 2 atom stereocenters. The van der Waals surface area contributed by atoms with Crippen LogP contribution in [0, 0.1) is 0 Å². The molecule has 0 bridgehead atoms. The Morgan fingerprint density at radius 2 is 1.97 bits per heavy atom. The van der Waals surface area contributed by atoms with Crippen LogP contribution in [0.15, 0.2) is 24.3 Å². The third kappa shape index (κ3) is 4.50. The molecule has 0 radical (unpaired) electrons. The molecule has 2 aliphatic rings. The highest BCUT2D eigenvalue weighted by Crippen LogP contribution is 2.35. The number of urea groups is 1. The number of fused-ring (bicyclic) bond motifs is 1. The van der Waals surface area contributed by atoms with E-state index in [9.17, 15) is 4.79 Å². The van der Waals surface area contributed by atoms with E-state index in [2.05, 4.69) is 41.3 Å². The molecule has 2 amide bonds. The Morgan fingerprint density at radius 3 is 2.68 bits per heavy atom. The smallest absolute Gasteiger partial charge is 0.319 e. The molecular formula is C23H32N6O2. The van der Waals surface area contributed by atoms with Gasteiger partial charge in [0.05, 0.1) is 24.9 Å². The monoisotopic (exact) mass is 424 g/mol. The van der Waals surface area contributed by atoms with Crippen LogP contribution in [0.25, 0.3) is 11.4 Å². The largest absolute Gasteiger partial charge is 0.377 e. The molecule has 31 heavy (non-hydrogen) atoms. The summed E-state index contributed by atoms with van der Waals surface area (Å²) in [4.78, 5) is 26.5. The molecular weight excluding hydrogens is 392 g/mol. The number of amides is 2. The average Bonchev–Trinajstić information content (AvgIpc) is 2.77. The summed E-state index contributed by atoms with van der Waals surface area (Å²) in [6.07, 6.45) is 0.950. The van der Waals surface area contributed by atoms with Gasteiger partial charge in [-0.05, 0) is 58.5 Å². The lowest BCUT2D eigenvalue weighted by molar-refractivity contribution is 0.0983. The molecule has 1 fully saturated rings. The molecule has 1 saturated heterocycles. The van der Waals surface area contributed by atoms with Crippen LogP contribution >= 0.6 is 0 Å². The fourth-order valence-electron chi connectivity index (χ4n) is 4.21. The molecule has 2 N–H and O–H groups in total. The van der Waals surface area contributed by atoms with Gasteiger partial charge >= 0.3 is 6.03 Å². The first-order valence-electron chi connectivity index (χ1n) is 11.1. The van der Waals surface area contributed by atoms with Crippen molar-refractivity contribution in [3.05, 3.63) is 35.5 Å². The summed E-state index contributed by atoms with van der Waals surface area (Å²) in [5, 5.41) is 5.57. The van der Waals surface area contributed by atoms with Gasteiger partial charge in [-0.15, -0.1) is 0 Å². The van der Waals surface area contributed by atoms with Crippen LogP contribution in [0.5, 0.6) is 0 Å². The number of anilines is 2. The number of carbonyl (C=O) groups is 1. The van der Waals surface area contributed by atoms with Gasteiger partial charge in [0.15, 0.2) is 5.82 Å². The van der Waals surface area contributed by atoms with Crippen LogP contribution < -0.4 is 15.5 Å². The van der Waals surface area contributed by atoms with Gasteiger partial charge in [0.2, 0.25) is 0 Å². The maximum atomic E-state index is 11.8. The predicted octanol–water partition coefficient (Wildman–Crippen LogP) is 3.06. The number of ether oxygens (including phenoxy) is 1. The zero-order valence-corrected chi connectivity index (χ0v) is 18.8. The van der Waals surface area contributed by atoms with E-state index in [1.807, 2.05) is 31.2 Å². The number of morpholine rings is 1. The minimum atomic E-state index is -0.208. The summed E-state index contributed by atoms with van der Waals surface area (Å²) in [6.45, 7) is 10.1. The zero-order chi connectivity index (χ0) is 22.0. The van der Waals surface area contributed by atoms with Crippen molar-refractivity contribution in [1.29, 1.82) is 0 Å². The van der Waals surface area contributed by atoms with Gasteiger partial charge in [-0.1, -0.05) is 0 Å². The summed E-state index contributed by atoms with van der Waals surface area (Å²) >= 11 is 0. The van der Waals surface area contributed by atoms with Crippen molar-refractivity contribution in [3.63, 3.8) is 0 Å². The van der Waals surface area contributed by atoms with E-state index in [-0.39, 0.29) is 18.1 Å². The summed E-state index contributed by atoms with van der Waals surface area (Å²) in [5.41, 5.74) is 4.05. The van der Waals surface area contributed by atoms with Crippen molar-refractivity contribution in [2.75, 3.05) is 50.1 Å². The van der Waals surface area contributed by atoms with Crippen molar-refractivity contribution in [2.45, 2.75) is 39.3 Å². The fraction of sp³-hybridized carbons (Fsp3) is 0.522. The lowest BCUT2D eigenvalue weighted by Gasteiger charge is -2.39. The standard InChI is InChI=1S/C23H32N6O2/c1-5-24-23(30)25-18-8-6-17(7-9-18)21-26-20-16(3)28(4)11-10-19(20)22(27-21)29-12-13-31-14-15(29)2/h6-9,15-16H,5,10-14H2,1-4H3,(H2,24,25,30)/t15-,16+/m0/s1. The lowest BCUT2D eigenvalue weighted by atomic mass is 9.98. The number of carbonyl (C=O) groups excluding carboxylic acids is 1. The summed E-state index contributed by atoms with van der Waals surface area (Å²) in [6, 6.07) is 8.01. The van der Waals surface area contributed by atoms with E-state index in [1.54, 1.807) is 0 Å². The van der Waals surface area contributed by atoms with Gasteiger partial charge in [0, 0.05) is 42.5 Å². The van der Waals surface area contributed by atoms with E-state index in [4.69, 9.17) is 14.7 Å². The topological polar surface area (TPSA) is 82.6 Å².